The van der Waals surface area contributed by atoms with E-state index in [4.69, 9.17) is 33.8 Å². The number of benzene rings is 1. The predicted molar refractivity (Wildman–Crippen MR) is 78.0 cm³/mol. The molecule has 1 aromatic carbocycles. The van der Waals surface area contributed by atoms with E-state index in [1.807, 2.05) is 31.2 Å². The first-order valence-electron chi connectivity index (χ1n) is 5.74. The molecule has 0 radical (unpaired) electrons. The number of ether oxygens (including phenoxy) is 1. The Morgan fingerprint density at radius 2 is 2.00 bits per heavy atom. The molecular weight excluding hydrogens is 285 g/mol. The lowest BCUT2D eigenvalue weighted by Gasteiger charge is -2.12. The van der Waals surface area contributed by atoms with E-state index in [0.29, 0.717) is 21.6 Å². The number of para-hydroxylation sites is 1. The molecule has 3 N–H and O–H groups in total. The van der Waals surface area contributed by atoms with Crippen molar-refractivity contribution in [3.63, 3.8) is 0 Å². The first-order chi connectivity index (χ1) is 9.15. The Labute approximate surface area is 121 Å². The Hall–Kier alpha value is -1.49. The van der Waals surface area contributed by atoms with E-state index in [1.165, 1.54) is 6.07 Å². The summed E-state index contributed by atoms with van der Waals surface area (Å²) in [5.41, 5.74) is 3.46. The average Bonchev–Trinajstić information content (AvgIpc) is 2.42. The molecule has 0 aliphatic rings. The summed E-state index contributed by atoms with van der Waals surface area (Å²) in [5, 5.41) is 0.665. The van der Waals surface area contributed by atoms with Crippen LogP contribution in [0.25, 0.3) is 0 Å². The Morgan fingerprint density at radius 1 is 1.26 bits per heavy atom. The van der Waals surface area contributed by atoms with Crippen molar-refractivity contribution in [3.05, 3.63) is 45.9 Å². The van der Waals surface area contributed by atoms with Crippen molar-refractivity contribution in [1.82, 2.24) is 4.98 Å². The second kappa shape index (κ2) is 6.10. The van der Waals surface area contributed by atoms with Gasteiger partial charge in [0, 0.05) is 0 Å². The average molecular weight is 298 g/mol. The highest BCUT2D eigenvalue weighted by Crippen LogP contribution is 2.34. The van der Waals surface area contributed by atoms with Crippen molar-refractivity contribution in [2.75, 3.05) is 5.43 Å². The summed E-state index contributed by atoms with van der Waals surface area (Å²) in [7, 11) is 0. The molecule has 0 fully saturated rings. The highest BCUT2D eigenvalue weighted by atomic mass is 35.5. The number of nitrogen functional groups attached to an aromatic ring is 1. The summed E-state index contributed by atoms with van der Waals surface area (Å²) < 4.78 is 5.73. The van der Waals surface area contributed by atoms with E-state index in [0.717, 1.165) is 12.0 Å². The van der Waals surface area contributed by atoms with Gasteiger partial charge in [0.1, 0.15) is 10.8 Å². The quantitative estimate of drug-likeness (QED) is 0.661. The molecule has 0 amide bonds. The molecular formula is C13H13Cl2N3O. The molecule has 6 heteroatoms. The Bertz CT molecular complexity index is 590. The minimum absolute atomic E-state index is 0.264. The zero-order chi connectivity index (χ0) is 13.8. The van der Waals surface area contributed by atoms with Crippen LogP contribution in [-0.4, -0.2) is 4.98 Å². The third-order valence-electron chi connectivity index (χ3n) is 2.59. The van der Waals surface area contributed by atoms with Gasteiger partial charge in [-0.1, -0.05) is 48.3 Å². The fourth-order valence-electron chi connectivity index (χ4n) is 1.62. The smallest absolute Gasteiger partial charge is 0.240 e. The molecule has 0 bridgehead atoms. The summed E-state index contributed by atoms with van der Waals surface area (Å²) in [6.07, 6.45) is 0.851. The molecule has 0 spiro atoms. The number of aryl methyl sites for hydroxylation is 1. The monoisotopic (exact) mass is 297 g/mol. The largest absolute Gasteiger partial charge is 0.437 e. The van der Waals surface area contributed by atoms with E-state index >= 15 is 0 Å². The number of hydrogen-bond donors (Lipinski definition) is 2. The van der Waals surface area contributed by atoms with Crippen LogP contribution in [0.4, 0.5) is 5.82 Å². The molecule has 19 heavy (non-hydrogen) atoms. The van der Waals surface area contributed by atoms with Crippen molar-refractivity contribution in [1.29, 1.82) is 0 Å². The lowest BCUT2D eigenvalue weighted by atomic mass is 10.1. The number of anilines is 1. The highest BCUT2D eigenvalue weighted by Gasteiger charge is 2.12. The maximum absolute atomic E-state index is 6.06. The van der Waals surface area contributed by atoms with Gasteiger partial charge >= 0.3 is 0 Å². The molecule has 0 saturated carbocycles. The molecule has 1 heterocycles. The van der Waals surface area contributed by atoms with Crippen LogP contribution >= 0.6 is 23.2 Å². The molecule has 0 aliphatic carbocycles. The minimum atomic E-state index is 0.264. The maximum Gasteiger partial charge on any atom is 0.240 e. The molecule has 0 unspecified atom stereocenters. The number of aromatic nitrogens is 1. The van der Waals surface area contributed by atoms with Gasteiger partial charge in [0.05, 0.1) is 5.02 Å². The first kappa shape index (κ1) is 13.9. The zero-order valence-corrected chi connectivity index (χ0v) is 11.8. The SMILES string of the molecule is CCc1ccccc1Oc1nc(NN)c(Cl)cc1Cl. The van der Waals surface area contributed by atoms with Crippen LogP contribution in [0.1, 0.15) is 12.5 Å². The van der Waals surface area contributed by atoms with E-state index in [1.54, 1.807) is 0 Å². The van der Waals surface area contributed by atoms with Gasteiger partial charge in [-0.15, -0.1) is 0 Å². The van der Waals surface area contributed by atoms with Crippen LogP contribution in [0, 0.1) is 0 Å². The molecule has 100 valence electrons. The number of pyridine rings is 1. The van der Waals surface area contributed by atoms with Crippen molar-refractivity contribution in [2.45, 2.75) is 13.3 Å². The number of hydrazine groups is 1. The van der Waals surface area contributed by atoms with Crippen molar-refractivity contribution < 1.29 is 4.74 Å². The number of halogens is 2. The minimum Gasteiger partial charge on any atom is -0.437 e. The Morgan fingerprint density at radius 3 is 2.68 bits per heavy atom. The summed E-state index contributed by atoms with van der Waals surface area (Å²) >= 11 is 12.0. The van der Waals surface area contributed by atoms with Gasteiger partial charge in [-0.25, -0.2) is 5.84 Å². The molecule has 2 rings (SSSR count). The number of nitrogens with zero attached hydrogens (tertiary/aromatic N) is 1. The van der Waals surface area contributed by atoms with Gasteiger partial charge in [0.25, 0.3) is 0 Å². The van der Waals surface area contributed by atoms with Crippen LogP contribution in [0.3, 0.4) is 0 Å². The molecule has 2 aromatic rings. The zero-order valence-electron chi connectivity index (χ0n) is 10.3. The third-order valence-corrected chi connectivity index (χ3v) is 3.15. The van der Waals surface area contributed by atoms with Gasteiger partial charge in [0.2, 0.25) is 5.88 Å². The number of nitrogens with two attached hydrogens (primary N) is 1. The number of nitrogens with one attached hydrogen (secondary N) is 1. The predicted octanol–water partition coefficient (Wildman–Crippen LogP) is 4.03. The summed E-state index contributed by atoms with van der Waals surface area (Å²) in [4.78, 5) is 4.14. The summed E-state index contributed by atoms with van der Waals surface area (Å²) in [6, 6.07) is 9.23. The second-order valence-electron chi connectivity index (χ2n) is 3.81. The summed E-state index contributed by atoms with van der Waals surface area (Å²) in [5.74, 6) is 6.61. The Kier molecular flexibility index (Phi) is 4.47. The lowest BCUT2D eigenvalue weighted by molar-refractivity contribution is 0.458. The van der Waals surface area contributed by atoms with Gasteiger partial charge in [-0.3, -0.25) is 0 Å². The Balaban J connectivity index is 2.38. The molecule has 0 aliphatic heterocycles. The highest BCUT2D eigenvalue weighted by molar-refractivity contribution is 6.36. The van der Waals surface area contributed by atoms with Gasteiger partial charge in [0.15, 0.2) is 5.82 Å². The van der Waals surface area contributed by atoms with E-state index < -0.39 is 0 Å². The second-order valence-corrected chi connectivity index (χ2v) is 4.63. The normalized spacial score (nSPS) is 10.3. The van der Waals surface area contributed by atoms with Crippen molar-refractivity contribution in [3.8, 4) is 11.6 Å². The van der Waals surface area contributed by atoms with E-state index in [2.05, 4.69) is 10.4 Å². The van der Waals surface area contributed by atoms with Crippen molar-refractivity contribution >= 4 is 29.0 Å². The van der Waals surface area contributed by atoms with E-state index in [-0.39, 0.29) is 5.88 Å². The fraction of sp³-hybridized carbons (Fsp3) is 0.154. The van der Waals surface area contributed by atoms with Gasteiger partial charge in [-0.05, 0) is 24.1 Å². The van der Waals surface area contributed by atoms with Crippen LogP contribution in [-0.2, 0) is 6.42 Å². The van der Waals surface area contributed by atoms with Crippen LogP contribution in [0.2, 0.25) is 10.0 Å². The molecule has 4 nitrogen and oxygen atoms in total. The molecule has 0 atom stereocenters. The van der Waals surface area contributed by atoms with Crippen LogP contribution in [0.15, 0.2) is 30.3 Å². The third kappa shape index (κ3) is 3.10. The van der Waals surface area contributed by atoms with Crippen molar-refractivity contribution in [2.24, 2.45) is 5.84 Å². The van der Waals surface area contributed by atoms with E-state index in [9.17, 15) is 0 Å². The topological polar surface area (TPSA) is 60.2 Å². The maximum atomic E-state index is 6.06. The molecule has 0 saturated heterocycles. The lowest BCUT2D eigenvalue weighted by Crippen LogP contribution is -2.09. The number of hydrogen-bond acceptors (Lipinski definition) is 4. The number of rotatable bonds is 4. The van der Waals surface area contributed by atoms with Gasteiger partial charge < -0.3 is 10.2 Å². The van der Waals surface area contributed by atoms with Gasteiger partial charge in [-0.2, -0.15) is 4.98 Å². The summed E-state index contributed by atoms with van der Waals surface area (Å²) in [6.45, 7) is 2.05. The van der Waals surface area contributed by atoms with Crippen LogP contribution in [0.5, 0.6) is 11.6 Å². The fourth-order valence-corrected chi connectivity index (χ4v) is 2.07. The molecule has 1 aromatic heterocycles. The standard InChI is InChI=1S/C13H13Cl2N3O/c1-2-8-5-3-4-6-11(8)19-13-10(15)7-9(14)12(17-13)18-16/h3-7H,2,16H2,1H3,(H,17,18). The first-order valence-corrected chi connectivity index (χ1v) is 6.49. The van der Waals surface area contributed by atoms with Crippen LogP contribution < -0.4 is 16.0 Å².